The lowest BCUT2D eigenvalue weighted by Crippen LogP contribution is -2.25. The van der Waals surface area contributed by atoms with E-state index in [1.165, 1.54) is 23.4 Å². The molecule has 106 valence electrons. The maximum atomic E-state index is 13.6. The van der Waals surface area contributed by atoms with Gasteiger partial charge in [0.05, 0.1) is 6.20 Å². The Morgan fingerprint density at radius 3 is 3.05 bits per heavy atom. The summed E-state index contributed by atoms with van der Waals surface area (Å²) in [5.41, 5.74) is 2.93. The Bertz CT molecular complexity index is 622. The van der Waals surface area contributed by atoms with Gasteiger partial charge in [0, 0.05) is 42.5 Å². The van der Waals surface area contributed by atoms with Crippen LogP contribution in [0.25, 0.3) is 0 Å². The lowest BCUT2D eigenvalue weighted by molar-refractivity contribution is 0.445. The third kappa shape index (κ3) is 2.45. The molecule has 2 aromatic rings. The molecule has 0 aliphatic heterocycles. The van der Waals surface area contributed by atoms with E-state index in [1.807, 2.05) is 17.9 Å². The molecule has 0 saturated carbocycles. The first kappa shape index (κ1) is 13.2. The standard InChI is InChI=1S/C15H17F2N3/c1-20-15-4-2-3-14(12(15)9-19-20)18-8-10-5-6-11(16)7-13(10)17/h5-7,9,14,18H,2-4,8H2,1H3. The minimum atomic E-state index is -0.543. The quantitative estimate of drug-likeness (QED) is 0.935. The molecule has 3 rings (SSSR count). The van der Waals surface area contributed by atoms with Gasteiger partial charge in [0.25, 0.3) is 0 Å². The van der Waals surface area contributed by atoms with E-state index in [0.29, 0.717) is 12.1 Å². The minimum absolute atomic E-state index is 0.192. The molecule has 1 aromatic heterocycles. The molecule has 20 heavy (non-hydrogen) atoms. The molecule has 1 aromatic carbocycles. The number of nitrogens with one attached hydrogen (secondary N) is 1. The molecule has 0 saturated heterocycles. The van der Waals surface area contributed by atoms with Crippen molar-refractivity contribution in [1.29, 1.82) is 0 Å². The number of aryl methyl sites for hydroxylation is 1. The average Bonchev–Trinajstić information content (AvgIpc) is 2.80. The highest BCUT2D eigenvalue weighted by Gasteiger charge is 2.23. The molecular formula is C15H17F2N3. The summed E-state index contributed by atoms with van der Waals surface area (Å²) in [6, 6.07) is 3.89. The Kier molecular flexibility index (Phi) is 3.53. The zero-order chi connectivity index (χ0) is 14.1. The molecule has 1 atom stereocenters. The number of halogens is 2. The Labute approximate surface area is 116 Å². The van der Waals surface area contributed by atoms with Crippen molar-refractivity contribution in [3.63, 3.8) is 0 Å². The Morgan fingerprint density at radius 2 is 2.25 bits per heavy atom. The van der Waals surface area contributed by atoms with Gasteiger partial charge in [-0.25, -0.2) is 8.78 Å². The molecule has 0 amide bonds. The second-order valence-electron chi connectivity index (χ2n) is 5.23. The molecule has 3 nitrogen and oxygen atoms in total. The number of nitrogens with zero attached hydrogens (tertiary/aromatic N) is 2. The molecule has 0 fully saturated rings. The number of fused-ring (bicyclic) bond motifs is 1. The third-order valence-corrected chi connectivity index (χ3v) is 3.93. The van der Waals surface area contributed by atoms with Crippen LogP contribution in [0.15, 0.2) is 24.4 Å². The fourth-order valence-corrected chi connectivity index (χ4v) is 2.82. The van der Waals surface area contributed by atoms with Crippen LogP contribution in [0.1, 0.15) is 35.7 Å². The predicted octanol–water partition coefficient (Wildman–Crippen LogP) is 2.87. The summed E-state index contributed by atoms with van der Waals surface area (Å²) in [6.45, 7) is 0.394. The highest BCUT2D eigenvalue weighted by atomic mass is 19.1. The summed E-state index contributed by atoms with van der Waals surface area (Å²) in [7, 11) is 1.95. The predicted molar refractivity (Wildman–Crippen MR) is 72.1 cm³/mol. The Balaban J connectivity index is 1.73. The Hall–Kier alpha value is -1.75. The van der Waals surface area contributed by atoms with Crippen molar-refractivity contribution in [2.24, 2.45) is 7.05 Å². The minimum Gasteiger partial charge on any atom is -0.306 e. The van der Waals surface area contributed by atoms with E-state index < -0.39 is 11.6 Å². The highest BCUT2D eigenvalue weighted by Crippen LogP contribution is 2.29. The normalized spacial score (nSPS) is 18.1. The van der Waals surface area contributed by atoms with Crippen LogP contribution in [-0.2, 0) is 20.0 Å². The molecule has 0 radical (unpaired) electrons. The van der Waals surface area contributed by atoms with Gasteiger partial charge in [-0.1, -0.05) is 6.07 Å². The summed E-state index contributed by atoms with van der Waals surface area (Å²) in [5, 5.41) is 7.64. The lowest BCUT2D eigenvalue weighted by atomic mass is 9.93. The number of hydrogen-bond donors (Lipinski definition) is 1. The van der Waals surface area contributed by atoms with Gasteiger partial charge in [-0.05, 0) is 25.3 Å². The van der Waals surface area contributed by atoms with Crippen LogP contribution in [-0.4, -0.2) is 9.78 Å². The van der Waals surface area contributed by atoms with Gasteiger partial charge in [0.15, 0.2) is 0 Å². The van der Waals surface area contributed by atoms with Gasteiger partial charge >= 0.3 is 0 Å². The largest absolute Gasteiger partial charge is 0.306 e. The van der Waals surface area contributed by atoms with E-state index >= 15 is 0 Å². The fourth-order valence-electron chi connectivity index (χ4n) is 2.82. The zero-order valence-electron chi connectivity index (χ0n) is 11.4. The van der Waals surface area contributed by atoms with Crippen molar-refractivity contribution in [2.75, 3.05) is 0 Å². The van der Waals surface area contributed by atoms with Crippen LogP contribution in [0.5, 0.6) is 0 Å². The molecule has 0 spiro atoms. The zero-order valence-corrected chi connectivity index (χ0v) is 11.4. The van der Waals surface area contributed by atoms with Gasteiger partial charge in [-0.3, -0.25) is 4.68 Å². The van der Waals surface area contributed by atoms with Crippen LogP contribution in [0, 0.1) is 11.6 Å². The SMILES string of the molecule is Cn1ncc2c1CCCC2NCc1ccc(F)cc1F. The molecule has 1 heterocycles. The maximum absolute atomic E-state index is 13.6. The number of hydrogen-bond acceptors (Lipinski definition) is 2. The molecule has 1 aliphatic carbocycles. The van der Waals surface area contributed by atoms with Crippen molar-refractivity contribution in [3.8, 4) is 0 Å². The van der Waals surface area contributed by atoms with Gasteiger partial charge in [-0.15, -0.1) is 0 Å². The first-order valence-corrected chi connectivity index (χ1v) is 6.83. The van der Waals surface area contributed by atoms with E-state index in [9.17, 15) is 8.78 Å². The van der Waals surface area contributed by atoms with E-state index in [1.54, 1.807) is 0 Å². The second kappa shape index (κ2) is 5.32. The summed E-state index contributed by atoms with van der Waals surface area (Å²) in [5.74, 6) is -1.04. The fraction of sp³-hybridized carbons (Fsp3) is 0.400. The van der Waals surface area contributed by atoms with Gasteiger partial charge in [-0.2, -0.15) is 5.10 Å². The number of benzene rings is 1. The van der Waals surface area contributed by atoms with Gasteiger partial charge in [0.2, 0.25) is 0 Å². The monoisotopic (exact) mass is 277 g/mol. The lowest BCUT2D eigenvalue weighted by Gasteiger charge is -2.24. The second-order valence-corrected chi connectivity index (χ2v) is 5.23. The smallest absolute Gasteiger partial charge is 0.130 e. The first-order chi connectivity index (χ1) is 9.65. The van der Waals surface area contributed by atoms with Gasteiger partial charge < -0.3 is 5.32 Å². The van der Waals surface area contributed by atoms with Crippen LogP contribution < -0.4 is 5.32 Å². The van der Waals surface area contributed by atoms with E-state index in [2.05, 4.69) is 10.4 Å². The number of aromatic nitrogens is 2. The van der Waals surface area contributed by atoms with Crippen LogP contribution in [0.3, 0.4) is 0 Å². The topological polar surface area (TPSA) is 29.9 Å². The van der Waals surface area contributed by atoms with E-state index in [-0.39, 0.29) is 6.04 Å². The molecule has 0 bridgehead atoms. The molecule has 1 aliphatic rings. The van der Waals surface area contributed by atoms with Crippen molar-refractivity contribution in [2.45, 2.75) is 31.8 Å². The first-order valence-electron chi connectivity index (χ1n) is 6.83. The van der Waals surface area contributed by atoms with Gasteiger partial charge in [0.1, 0.15) is 11.6 Å². The van der Waals surface area contributed by atoms with Crippen LogP contribution in [0.4, 0.5) is 8.78 Å². The average molecular weight is 277 g/mol. The third-order valence-electron chi connectivity index (χ3n) is 3.93. The van der Waals surface area contributed by atoms with Crippen LogP contribution in [0.2, 0.25) is 0 Å². The summed E-state index contributed by atoms with van der Waals surface area (Å²) in [4.78, 5) is 0. The molecular weight excluding hydrogens is 260 g/mol. The Morgan fingerprint density at radius 1 is 1.40 bits per heavy atom. The summed E-state index contributed by atoms with van der Waals surface area (Å²) in [6.07, 6.45) is 5.03. The van der Waals surface area contributed by atoms with Crippen LogP contribution >= 0.6 is 0 Å². The van der Waals surface area contributed by atoms with Crippen molar-refractivity contribution in [3.05, 3.63) is 52.9 Å². The molecule has 5 heteroatoms. The summed E-state index contributed by atoms with van der Waals surface area (Å²) >= 11 is 0. The van der Waals surface area contributed by atoms with Crippen molar-refractivity contribution >= 4 is 0 Å². The van der Waals surface area contributed by atoms with E-state index in [4.69, 9.17) is 0 Å². The number of rotatable bonds is 3. The van der Waals surface area contributed by atoms with Crippen molar-refractivity contribution in [1.82, 2.24) is 15.1 Å². The maximum Gasteiger partial charge on any atom is 0.130 e. The summed E-state index contributed by atoms with van der Waals surface area (Å²) < 4.78 is 28.4. The van der Waals surface area contributed by atoms with Crippen molar-refractivity contribution < 1.29 is 8.78 Å². The molecule has 1 unspecified atom stereocenters. The van der Waals surface area contributed by atoms with E-state index in [0.717, 1.165) is 25.3 Å². The highest BCUT2D eigenvalue weighted by molar-refractivity contribution is 5.25. The molecule has 1 N–H and O–H groups in total.